The lowest BCUT2D eigenvalue weighted by Crippen LogP contribution is -2.33. The molecule has 0 spiro atoms. The summed E-state index contributed by atoms with van der Waals surface area (Å²) < 4.78 is 7.27. The first-order valence-corrected chi connectivity index (χ1v) is 6.01. The van der Waals surface area contributed by atoms with Gasteiger partial charge in [-0.2, -0.15) is 5.10 Å². The number of carbonyl (C=O) groups excluding carboxylic acids is 2. The van der Waals surface area contributed by atoms with Crippen molar-refractivity contribution in [1.29, 1.82) is 0 Å². The minimum Gasteiger partial charge on any atom is -0.469 e. The number of carbonyl (C=O) groups is 2. The average molecular weight is 334 g/mol. The van der Waals surface area contributed by atoms with Gasteiger partial charge in [-0.05, 0) is 35.4 Å². The van der Waals surface area contributed by atoms with Crippen LogP contribution in [0.3, 0.4) is 0 Å². The maximum Gasteiger partial charge on any atom is 0.308 e. The van der Waals surface area contributed by atoms with Crippen LogP contribution in [0.1, 0.15) is 29.4 Å². The smallest absolute Gasteiger partial charge is 0.308 e. The van der Waals surface area contributed by atoms with Crippen LogP contribution in [-0.4, -0.2) is 29.1 Å². The lowest BCUT2D eigenvalue weighted by molar-refractivity contribution is -0.149. The van der Waals surface area contributed by atoms with Crippen molar-refractivity contribution in [1.82, 2.24) is 9.78 Å². The third kappa shape index (κ3) is 1.98. The molecule has 0 aromatic carbocycles. The van der Waals surface area contributed by atoms with Gasteiger partial charge in [0.1, 0.15) is 5.69 Å². The molecule has 1 fully saturated rings. The van der Waals surface area contributed by atoms with E-state index in [0.717, 1.165) is 22.7 Å². The van der Waals surface area contributed by atoms with E-state index in [-0.39, 0.29) is 17.9 Å². The van der Waals surface area contributed by atoms with Crippen LogP contribution < -0.4 is 0 Å². The zero-order valence-electron chi connectivity index (χ0n) is 8.72. The summed E-state index contributed by atoms with van der Waals surface area (Å²) >= 11 is 2.07. The molecule has 86 valence electrons. The van der Waals surface area contributed by atoms with E-state index < -0.39 is 0 Å². The van der Waals surface area contributed by atoms with Gasteiger partial charge < -0.3 is 4.74 Å². The third-order valence-corrected chi connectivity index (χ3v) is 3.68. The van der Waals surface area contributed by atoms with Crippen LogP contribution in [0.25, 0.3) is 0 Å². The highest BCUT2D eigenvalue weighted by Gasteiger charge is 2.37. The largest absolute Gasteiger partial charge is 0.469 e. The Balaban J connectivity index is 2.01. The minimum atomic E-state index is -0.159. The Labute approximate surface area is 106 Å². The molecule has 5 nitrogen and oxygen atoms in total. The lowest BCUT2D eigenvalue weighted by atomic mass is 9.80. The highest BCUT2D eigenvalue weighted by atomic mass is 127. The number of hydrogen-bond acceptors (Lipinski definition) is 4. The molecule has 0 amide bonds. The number of nitrogens with zero attached hydrogens (tertiary/aromatic N) is 2. The van der Waals surface area contributed by atoms with Gasteiger partial charge in [-0.15, -0.1) is 0 Å². The third-order valence-electron chi connectivity index (χ3n) is 2.85. The SMILES string of the molecule is COC(=O)[C@H]1C[C@H](n2cc(I)c(C=O)n2)C1. The number of aromatic nitrogens is 2. The summed E-state index contributed by atoms with van der Waals surface area (Å²) in [6.45, 7) is 0. The van der Waals surface area contributed by atoms with E-state index >= 15 is 0 Å². The number of hydrogen-bond donors (Lipinski definition) is 0. The van der Waals surface area contributed by atoms with Crippen LogP contribution in [0.15, 0.2) is 6.20 Å². The molecule has 1 aliphatic carbocycles. The van der Waals surface area contributed by atoms with E-state index in [2.05, 4.69) is 32.4 Å². The molecule has 0 aliphatic heterocycles. The van der Waals surface area contributed by atoms with Crippen molar-refractivity contribution in [2.75, 3.05) is 7.11 Å². The highest BCUT2D eigenvalue weighted by molar-refractivity contribution is 14.1. The second-order valence-corrected chi connectivity index (χ2v) is 4.97. The van der Waals surface area contributed by atoms with Crippen molar-refractivity contribution >= 4 is 34.8 Å². The quantitative estimate of drug-likeness (QED) is 0.477. The molecule has 0 radical (unpaired) electrons. The highest BCUT2D eigenvalue weighted by Crippen LogP contribution is 2.38. The number of esters is 1. The standard InChI is InChI=1S/C10H11IN2O3/c1-16-10(15)6-2-7(3-6)13-4-8(11)9(5-14)12-13/h4-7H,2-3H2,1H3/t6-,7-. The monoisotopic (exact) mass is 334 g/mol. The molecule has 1 aromatic rings. The van der Waals surface area contributed by atoms with Crippen LogP contribution in [0.2, 0.25) is 0 Å². The Bertz CT molecular complexity index is 424. The molecule has 0 bridgehead atoms. The maximum absolute atomic E-state index is 11.2. The van der Waals surface area contributed by atoms with Gasteiger partial charge in [-0.3, -0.25) is 14.3 Å². The van der Waals surface area contributed by atoms with Gasteiger partial charge >= 0.3 is 5.97 Å². The molecule has 1 aliphatic rings. The fraction of sp³-hybridized carbons (Fsp3) is 0.500. The van der Waals surface area contributed by atoms with Crippen LogP contribution in [0.4, 0.5) is 0 Å². The number of rotatable bonds is 3. The second kappa shape index (κ2) is 4.52. The summed E-state index contributed by atoms with van der Waals surface area (Å²) in [5, 5.41) is 4.16. The molecule has 6 heteroatoms. The average Bonchev–Trinajstić information content (AvgIpc) is 2.57. The summed E-state index contributed by atoms with van der Waals surface area (Å²) in [5.41, 5.74) is 0.460. The van der Waals surface area contributed by atoms with Crippen molar-refractivity contribution in [2.45, 2.75) is 18.9 Å². The van der Waals surface area contributed by atoms with E-state index in [0.29, 0.717) is 5.69 Å². The molecule has 1 heterocycles. The molecule has 1 aromatic heterocycles. The van der Waals surface area contributed by atoms with E-state index in [4.69, 9.17) is 0 Å². The van der Waals surface area contributed by atoms with Gasteiger partial charge in [0.25, 0.3) is 0 Å². The van der Waals surface area contributed by atoms with Crippen molar-refractivity contribution in [2.24, 2.45) is 5.92 Å². The Morgan fingerprint density at radius 3 is 2.88 bits per heavy atom. The summed E-state index contributed by atoms with van der Waals surface area (Å²) in [6, 6.07) is 0.214. The lowest BCUT2D eigenvalue weighted by Gasteiger charge is -2.33. The summed E-state index contributed by atoms with van der Waals surface area (Å²) in [6.07, 6.45) is 4.06. The van der Waals surface area contributed by atoms with Gasteiger partial charge in [-0.1, -0.05) is 0 Å². The van der Waals surface area contributed by atoms with E-state index in [9.17, 15) is 9.59 Å². The van der Waals surface area contributed by atoms with Gasteiger partial charge in [0, 0.05) is 6.20 Å². The summed E-state index contributed by atoms with van der Waals surface area (Å²) in [5.74, 6) is -0.176. The van der Waals surface area contributed by atoms with Gasteiger partial charge in [0.2, 0.25) is 0 Å². The summed E-state index contributed by atoms with van der Waals surface area (Å²) in [7, 11) is 1.40. The molecule has 16 heavy (non-hydrogen) atoms. The van der Waals surface area contributed by atoms with E-state index in [1.807, 2.05) is 6.20 Å². The van der Waals surface area contributed by atoms with Crippen molar-refractivity contribution in [3.05, 3.63) is 15.5 Å². The molecule has 0 unspecified atom stereocenters. The van der Waals surface area contributed by atoms with E-state index in [1.165, 1.54) is 7.11 Å². The second-order valence-electron chi connectivity index (χ2n) is 3.81. The molecular formula is C10H11IN2O3. The number of ether oxygens (including phenoxy) is 1. The zero-order valence-corrected chi connectivity index (χ0v) is 10.9. The van der Waals surface area contributed by atoms with Crippen LogP contribution >= 0.6 is 22.6 Å². The van der Waals surface area contributed by atoms with Crippen molar-refractivity contribution < 1.29 is 14.3 Å². The fourth-order valence-corrected chi connectivity index (χ4v) is 2.33. The van der Waals surface area contributed by atoms with Crippen molar-refractivity contribution in [3.8, 4) is 0 Å². The first kappa shape index (κ1) is 11.6. The molecule has 0 saturated heterocycles. The molecular weight excluding hydrogens is 323 g/mol. The predicted octanol–water partition coefficient (Wildman–Crippen LogP) is 1.42. The molecule has 2 rings (SSSR count). The van der Waals surface area contributed by atoms with Crippen LogP contribution in [0, 0.1) is 9.49 Å². The first-order valence-electron chi connectivity index (χ1n) is 4.93. The number of halogens is 1. The van der Waals surface area contributed by atoms with Crippen LogP contribution in [-0.2, 0) is 9.53 Å². The molecule has 0 atom stereocenters. The number of aldehydes is 1. The Kier molecular flexibility index (Phi) is 3.27. The zero-order chi connectivity index (χ0) is 11.7. The Morgan fingerprint density at radius 1 is 1.69 bits per heavy atom. The first-order chi connectivity index (χ1) is 7.65. The van der Waals surface area contributed by atoms with Crippen molar-refractivity contribution in [3.63, 3.8) is 0 Å². The fourth-order valence-electron chi connectivity index (χ4n) is 1.81. The molecule has 0 N–H and O–H groups in total. The van der Waals surface area contributed by atoms with Gasteiger partial charge in [-0.25, -0.2) is 0 Å². The summed E-state index contributed by atoms with van der Waals surface area (Å²) in [4.78, 5) is 21.8. The van der Waals surface area contributed by atoms with Gasteiger partial charge in [0.15, 0.2) is 6.29 Å². The predicted molar refractivity (Wildman–Crippen MR) is 64.1 cm³/mol. The normalized spacial score (nSPS) is 23.6. The maximum atomic E-state index is 11.2. The van der Waals surface area contributed by atoms with Gasteiger partial charge in [0.05, 0.1) is 22.6 Å². The Hall–Kier alpha value is -0.920. The van der Waals surface area contributed by atoms with Crippen LogP contribution in [0.5, 0.6) is 0 Å². The van der Waals surface area contributed by atoms with E-state index in [1.54, 1.807) is 4.68 Å². The molecule has 1 saturated carbocycles. The number of methoxy groups -OCH3 is 1. The minimum absolute atomic E-state index is 0.0171. The Morgan fingerprint density at radius 2 is 2.38 bits per heavy atom. The topological polar surface area (TPSA) is 61.2 Å².